The van der Waals surface area contributed by atoms with Gasteiger partial charge in [-0.25, -0.2) is 0 Å². The number of rotatable bonds is 3. The molecular weight excluding hydrogens is 274 g/mol. The highest BCUT2D eigenvalue weighted by Crippen LogP contribution is 2.24. The van der Waals surface area contributed by atoms with E-state index in [1.54, 1.807) is 23.5 Å². The first-order chi connectivity index (χ1) is 7.25. The first-order valence-electron chi connectivity index (χ1n) is 4.50. The third kappa shape index (κ3) is 2.73. The van der Waals surface area contributed by atoms with Crippen molar-refractivity contribution in [1.29, 1.82) is 0 Å². The molecule has 0 atom stereocenters. The van der Waals surface area contributed by atoms with Crippen molar-refractivity contribution in [3.8, 4) is 5.75 Å². The first-order valence-corrected chi connectivity index (χ1v) is 6.18. The summed E-state index contributed by atoms with van der Waals surface area (Å²) in [5.41, 5.74) is 0.926. The zero-order chi connectivity index (χ0) is 10.7. The number of phenols is 1. The molecule has 0 aliphatic heterocycles. The first kappa shape index (κ1) is 10.5. The zero-order valence-corrected chi connectivity index (χ0v) is 10.3. The molecule has 1 aromatic heterocycles. The van der Waals surface area contributed by atoms with E-state index in [0.717, 1.165) is 16.7 Å². The van der Waals surface area contributed by atoms with Crippen LogP contribution in [-0.4, -0.2) is 5.11 Å². The van der Waals surface area contributed by atoms with E-state index >= 15 is 0 Å². The Bertz CT molecular complexity index is 455. The summed E-state index contributed by atoms with van der Waals surface area (Å²) in [5, 5.41) is 14.6. The summed E-state index contributed by atoms with van der Waals surface area (Å²) >= 11 is 5.18. The number of thiophene rings is 1. The summed E-state index contributed by atoms with van der Waals surface area (Å²) in [7, 11) is 0. The molecule has 2 aromatic rings. The van der Waals surface area contributed by atoms with Gasteiger partial charge in [-0.15, -0.1) is 11.3 Å². The third-order valence-electron chi connectivity index (χ3n) is 1.99. The van der Waals surface area contributed by atoms with Gasteiger partial charge in [0.05, 0.1) is 6.54 Å². The second-order valence-electron chi connectivity index (χ2n) is 3.10. The Labute approximate surface area is 101 Å². The zero-order valence-electron chi connectivity index (χ0n) is 7.90. The fraction of sp³-hybridized carbons (Fsp3) is 0.0909. The molecule has 2 N–H and O–H groups in total. The van der Waals surface area contributed by atoms with Crippen LogP contribution in [0.25, 0.3) is 0 Å². The van der Waals surface area contributed by atoms with Crippen LogP contribution < -0.4 is 5.32 Å². The van der Waals surface area contributed by atoms with Crippen molar-refractivity contribution in [2.24, 2.45) is 0 Å². The average Bonchev–Trinajstić information content (AvgIpc) is 2.61. The maximum absolute atomic E-state index is 9.28. The van der Waals surface area contributed by atoms with Gasteiger partial charge in [-0.3, -0.25) is 0 Å². The second kappa shape index (κ2) is 4.68. The fourth-order valence-electron chi connectivity index (χ4n) is 1.25. The summed E-state index contributed by atoms with van der Waals surface area (Å²) in [6.45, 7) is 0.766. The van der Waals surface area contributed by atoms with Gasteiger partial charge in [0, 0.05) is 21.1 Å². The van der Waals surface area contributed by atoms with Crippen LogP contribution in [0, 0.1) is 0 Å². The lowest BCUT2D eigenvalue weighted by atomic mass is 10.3. The van der Waals surface area contributed by atoms with Gasteiger partial charge in [-0.05, 0) is 39.5 Å². The van der Waals surface area contributed by atoms with E-state index in [1.807, 2.05) is 23.6 Å². The number of nitrogens with one attached hydrogen (secondary N) is 1. The van der Waals surface area contributed by atoms with Gasteiger partial charge < -0.3 is 10.4 Å². The van der Waals surface area contributed by atoms with E-state index in [1.165, 1.54) is 4.88 Å². The van der Waals surface area contributed by atoms with Crippen LogP contribution in [0.4, 0.5) is 5.69 Å². The summed E-state index contributed by atoms with van der Waals surface area (Å²) in [6.07, 6.45) is 0. The Morgan fingerprint density at radius 2 is 2.20 bits per heavy atom. The molecule has 0 unspecified atom stereocenters. The topological polar surface area (TPSA) is 32.3 Å². The normalized spacial score (nSPS) is 10.2. The van der Waals surface area contributed by atoms with Crippen molar-refractivity contribution < 1.29 is 5.11 Å². The predicted molar refractivity (Wildman–Crippen MR) is 67.5 cm³/mol. The van der Waals surface area contributed by atoms with E-state index in [4.69, 9.17) is 0 Å². The molecule has 0 aliphatic rings. The van der Waals surface area contributed by atoms with Gasteiger partial charge in [0.2, 0.25) is 0 Å². The Morgan fingerprint density at radius 1 is 1.33 bits per heavy atom. The lowest BCUT2D eigenvalue weighted by Crippen LogP contribution is -1.97. The van der Waals surface area contributed by atoms with Crippen molar-refractivity contribution >= 4 is 33.0 Å². The maximum atomic E-state index is 9.28. The van der Waals surface area contributed by atoms with E-state index in [-0.39, 0.29) is 5.75 Å². The average molecular weight is 284 g/mol. The van der Waals surface area contributed by atoms with Crippen LogP contribution >= 0.6 is 27.3 Å². The van der Waals surface area contributed by atoms with Gasteiger partial charge in [0.1, 0.15) is 5.75 Å². The van der Waals surface area contributed by atoms with Crippen LogP contribution in [-0.2, 0) is 6.54 Å². The third-order valence-corrected chi connectivity index (χ3v) is 3.92. The molecule has 0 saturated carbocycles. The van der Waals surface area contributed by atoms with Crippen molar-refractivity contribution in [2.75, 3.05) is 5.32 Å². The Morgan fingerprint density at radius 3 is 2.87 bits per heavy atom. The Balaban J connectivity index is 2.02. The van der Waals surface area contributed by atoms with Gasteiger partial charge in [0.15, 0.2) is 0 Å². The van der Waals surface area contributed by atoms with E-state index in [9.17, 15) is 5.11 Å². The molecule has 4 heteroatoms. The summed E-state index contributed by atoms with van der Waals surface area (Å²) in [6, 6.07) is 9.15. The number of hydrogen-bond acceptors (Lipinski definition) is 3. The number of benzene rings is 1. The standard InChI is InChI=1S/C11H10BrNOS/c12-10-4-5-15-11(10)7-13-8-2-1-3-9(14)6-8/h1-6,13-14H,7H2. The monoisotopic (exact) mass is 283 g/mol. The molecule has 0 saturated heterocycles. The molecular formula is C11H10BrNOS. The predicted octanol–water partition coefficient (Wildman–Crippen LogP) is 3.83. The van der Waals surface area contributed by atoms with E-state index in [2.05, 4.69) is 21.2 Å². The molecule has 0 amide bonds. The van der Waals surface area contributed by atoms with Gasteiger partial charge in [-0.2, -0.15) is 0 Å². The highest BCUT2D eigenvalue weighted by Gasteiger charge is 2.00. The summed E-state index contributed by atoms with van der Waals surface area (Å²) in [5.74, 6) is 0.283. The largest absolute Gasteiger partial charge is 0.508 e. The minimum atomic E-state index is 0.283. The maximum Gasteiger partial charge on any atom is 0.117 e. The van der Waals surface area contributed by atoms with Crippen LogP contribution in [0.5, 0.6) is 5.75 Å². The SMILES string of the molecule is Oc1cccc(NCc2sccc2Br)c1. The lowest BCUT2D eigenvalue weighted by Gasteiger charge is -2.05. The molecule has 1 heterocycles. The van der Waals surface area contributed by atoms with E-state index in [0.29, 0.717) is 0 Å². The fourth-order valence-corrected chi connectivity index (χ4v) is 2.68. The van der Waals surface area contributed by atoms with Crippen molar-refractivity contribution in [2.45, 2.75) is 6.54 Å². The molecule has 78 valence electrons. The molecule has 15 heavy (non-hydrogen) atoms. The van der Waals surface area contributed by atoms with E-state index < -0.39 is 0 Å². The second-order valence-corrected chi connectivity index (χ2v) is 4.95. The number of anilines is 1. The molecule has 0 bridgehead atoms. The van der Waals surface area contributed by atoms with Crippen molar-refractivity contribution in [3.63, 3.8) is 0 Å². The Kier molecular flexibility index (Phi) is 3.28. The van der Waals surface area contributed by atoms with Crippen LogP contribution in [0.3, 0.4) is 0 Å². The van der Waals surface area contributed by atoms with Gasteiger partial charge in [-0.1, -0.05) is 6.07 Å². The van der Waals surface area contributed by atoms with Crippen molar-refractivity contribution in [1.82, 2.24) is 0 Å². The number of halogens is 1. The minimum absolute atomic E-state index is 0.283. The molecule has 2 nitrogen and oxygen atoms in total. The van der Waals surface area contributed by atoms with Crippen molar-refractivity contribution in [3.05, 3.63) is 45.1 Å². The summed E-state index contributed by atoms with van der Waals surface area (Å²) in [4.78, 5) is 1.25. The quantitative estimate of drug-likeness (QED) is 0.897. The minimum Gasteiger partial charge on any atom is -0.508 e. The molecule has 1 aromatic carbocycles. The lowest BCUT2D eigenvalue weighted by molar-refractivity contribution is 0.475. The smallest absolute Gasteiger partial charge is 0.117 e. The number of aromatic hydroxyl groups is 1. The highest BCUT2D eigenvalue weighted by atomic mass is 79.9. The van der Waals surface area contributed by atoms with Crippen LogP contribution in [0.1, 0.15) is 4.88 Å². The number of hydrogen-bond donors (Lipinski definition) is 2. The Hall–Kier alpha value is -1.00. The van der Waals surface area contributed by atoms with Gasteiger partial charge >= 0.3 is 0 Å². The highest BCUT2D eigenvalue weighted by molar-refractivity contribution is 9.10. The number of phenolic OH excluding ortho intramolecular Hbond substituents is 1. The van der Waals surface area contributed by atoms with Crippen LogP contribution in [0.2, 0.25) is 0 Å². The molecule has 0 fully saturated rings. The summed E-state index contributed by atoms with van der Waals surface area (Å²) < 4.78 is 1.13. The van der Waals surface area contributed by atoms with Gasteiger partial charge in [0.25, 0.3) is 0 Å². The molecule has 0 spiro atoms. The molecule has 0 aliphatic carbocycles. The molecule has 2 rings (SSSR count). The molecule has 0 radical (unpaired) electrons. The van der Waals surface area contributed by atoms with Crippen LogP contribution in [0.15, 0.2) is 40.2 Å².